The van der Waals surface area contributed by atoms with Crippen molar-refractivity contribution in [2.24, 2.45) is 5.10 Å². The van der Waals surface area contributed by atoms with Crippen molar-refractivity contribution < 1.29 is 24.3 Å². The van der Waals surface area contributed by atoms with Crippen LogP contribution in [0.2, 0.25) is 0 Å². The number of methoxy groups -OCH3 is 1. The van der Waals surface area contributed by atoms with Crippen LogP contribution in [0.15, 0.2) is 22.0 Å². The first-order chi connectivity index (χ1) is 13.8. The van der Waals surface area contributed by atoms with E-state index >= 15 is 0 Å². The van der Waals surface area contributed by atoms with E-state index < -0.39 is 16.5 Å². The van der Waals surface area contributed by atoms with Gasteiger partial charge in [0.25, 0.3) is 5.56 Å². The van der Waals surface area contributed by atoms with E-state index in [1.54, 1.807) is 6.92 Å². The maximum Gasteiger partial charge on any atom is 0.315 e. The second-order valence-electron chi connectivity index (χ2n) is 5.49. The fraction of sp³-hybridized carbons (Fsp3) is 0.312. The standard InChI is InChI=1S/C16H17N5O7S/c1-3-28-12-7-9(6-11(21(25)26)14(12)27-2)8-17-20-15(24)10(4-5-13(22)23)18-19-16(20)29/h6-8H,3-5H2,1-2H3,(H,19,29)(H,22,23)/b17-8-. The molecule has 2 N–H and O–H groups in total. The summed E-state index contributed by atoms with van der Waals surface area (Å²) in [7, 11) is 1.28. The smallest absolute Gasteiger partial charge is 0.315 e. The summed E-state index contributed by atoms with van der Waals surface area (Å²) in [6, 6.07) is 2.67. The molecule has 29 heavy (non-hydrogen) atoms. The Bertz CT molecular complexity index is 1080. The summed E-state index contributed by atoms with van der Waals surface area (Å²) in [6.45, 7) is 1.96. The molecule has 13 heteroatoms. The number of H-pyrrole nitrogens is 1. The molecular formula is C16H17N5O7S. The number of ether oxygens (including phenoxy) is 2. The van der Waals surface area contributed by atoms with Crippen LogP contribution in [-0.2, 0) is 11.2 Å². The van der Waals surface area contributed by atoms with Crippen LogP contribution in [-0.4, -0.2) is 50.8 Å². The van der Waals surface area contributed by atoms with E-state index in [0.717, 1.165) is 4.68 Å². The zero-order valence-electron chi connectivity index (χ0n) is 15.4. The third-order valence-corrected chi connectivity index (χ3v) is 3.84. The minimum absolute atomic E-state index is 0.0386. The number of nitrogens with one attached hydrogen (secondary N) is 1. The number of aryl methyl sites for hydroxylation is 1. The Morgan fingerprint density at radius 2 is 2.24 bits per heavy atom. The number of carboxylic acid groups (broad SMARTS) is 1. The highest BCUT2D eigenvalue weighted by molar-refractivity contribution is 7.71. The van der Waals surface area contributed by atoms with Gasteiger partial charge in [0.2, 0.25) is 10.5 Å². The van der Waals surface area contributed by atoms with Gasteiger partial charge in [0.1, 0.15) is 5.69 Å². The summed E-state index contributed by atoms with van der Waals surface area (Å²) in [5.41, 5.74) is -0.839. The van der Waals surface area contributed by atoms with Gasteiger partial charge >= 0.3 is 11.7 Å². The lowest BCUT2D eigenvalue weighted by Crippen LogP contribution is -2.25. The quantitative estimate of drug-likeness (QED) is 0.263. The number of benzene rings is 1. The Morgan fingerprint density at radius 3 is 2.83 bits per heavy atom. The molecule has 0 aliphatic heterocycles. The van der Waals surface area contributed by atoms with Gasteiger partial charge < -0.3 is 14.6 Å². The number of hydrogen-bond acceptors (Lipinski definition) is 9. The lowest BCUT2D eigenvalue weighted by Gasteiger charge is -2.10. The third kappa shape index (κ3) is 5.22. The Kier molecular flexibility index (Phi) is 7.14. The van der Waals surface area contributed by atoms with Crippen LogP contribution in [0.1, 0.15) is 24.6 Å². The van der Waals surface area contributed by atoms with Gasteiger partial charge in [0, 0.05) is 18.1 Å². The zero-order chi connectivity index (χ0) is 21.6. The molecule has 0 saturated carbocycles. The van der Waals surface area contributed by atoms with Crippen molar-refractivity contribution in [2.45, 2.75) is 19.8 Å². The van der Waals surface area contributed by atoms with Gasteiger partial charge in [0.05, 0.1) is 31.3 Å². The van der Waals surface area contributed by atoms with Gasteiger partial charge in [-0.05, 0) is 25.2 Å². The van der Waals surface area contributed by atoms with E-state index in [-0.39, 0.29) is 52.7 Å². The molecule has 0 atom stereocenters. The molecule has 0 fully saturated rings. The average Bonchev–Trinajstić information content (AvgIpc) is 2.66. The van der Waals surface area contributed by atoms with E-state index in [0.29, 0.717) is 0 Å². The van der Waals surface area contributed by atoms with Crippen molar-refractivity contribution >= 4 is 30.1 Å². The summed E-state index contributed by atoms with van der Waals surface area (Å²) < 4.78 is 11.1. The number of rotatable bonds is 9. The Labute approximate surface area is 168 Å². The maximum atomic E-state index is 12.4. The lowest BCUT2D eigenvalue weighted by atomic mass is 10.2. The fourth-order valence-electron chi connectivity index (χ4n) is 2.33. The summed E-state index contributed by atoms with van der Waals surface area (Å²) in [6.07, 6.45) is 0.776. The highest BCUT2D eigenvalue weighted by Gasteiger charge is 2.21. The molecule has 2 rings (SSSR count). The predicted octanol–water partition coefficient (Wildman–Crippen LogP) is 1.52. The number of carbonyl (C=O) groups is 1. The predicted molar refractivity (Wildman–Crippen MR) is 103 cm³/mol. The van der Waals surface area contributed by atoms with E-state index in [2.05, 4.69) is 15.3 Å². The molecule has 0 unspecified atom stereocenters. The Morgan fingerprint density at radius 1 is 1.52 bits per heavy atom. The molecule has 0 amide bonds. The van der Waals surface area contributed by atoms with Crippen molar-refractivity contribution in [3.05, 3.63) is 48.6 Å². The first-order valence-corrected chi connectivity index (χ1v) is 8.65. The van der Waals surface area contributed by atoms with Crippen LogP contribution in [0.4, 0.5) is 5.69 Å². The Hall–Kier alpha value is -3.61. The zero-order valence-corrected chi connectivity index (χ0v) is 16.3. The van der Waals surface area contributed by atoms with Crippen LogP contribution < -0.4 is 15.0 Å². The van der Waals surface area contributed by atoms with Crippen LogP contribution >= 0.6 is 12.2 Å². The second kappa shape index (κ2) is 9.54. The topological polar surface area (TPSA) is 162 Å². The molecule has 0 spiro atoms. The number of aliphatic carboxylic acids is 1. The van der Waals surface area contributed by atoms with Crippen LogP contribution in [0.3, 0.4) is 0 Å². The summed E-state index contributed by atoms with van der Waals surface area (Å²) >= 11 is 4.99. The summed E-state index contributed by atoms with van der Waals surface area (Å²) in [5.74, 6) is -0.985. The number of nitrogens with zero attached hydrogens (tertiary/aromatic N) is 4. The van der Waals surface area contributed by atoms with E-state index in [9.17, 15) is 19.7 Å². The molecule has 0 aliphatic carbocycles. The number of aromatic nitrogens is 3. The molecular weight excluding hydrogens is 406 g/mol. The number of nitro benzene ring substituents is 1. The molecule has 1 heterocycles. The molecule has 1 aromatic heterocycles. The molecule has 2 aromatic rings. The SMILES string of the molecule is CCOc1cc(/C=N\n2c(=S)[nH]nc(CCC(=O)O)c2=O)cc([N+](=O)[O-])c1OC. The number of hydrogen-bond donors (Lipinski definition) is 2. The highest BCUT2D eigenvalue weighted by atomic mass is 32.1. The van der Waals surface area contributed by atoms with Crippen molar-refractivity contribution in [1.82, 2.24) is 14.9 Å². The van der Waals surface area contributed by atoms with Gasteiger partial charge in [-0.15, -0.1) is 0 Å². The number of carboxylic acids is 1. The number of nitro groups is 1. The van der Waals surface area contributed by atoms with Gasteiger partial charge in [-0.2, -0.15) is 14.9 Å². The molecule has 12 nitrogen and oxygen atoms in total. The van der Waals surface area contributed by atoms with E-state index in [1.165, 1.54) is 25.5 Å². The second-order valence-corrected chi connectivity index (χ2v) is 5.88. The summed E-state index contributed by atoms with van der Waals surface area (Å²) in [4.78, 5) is 33.8. The van der Waals surface area contributed by atoms with Gasteiger partial charge in [-0.1, -0.05) is 0 Å². The largest absolute Gasteiger partial charge is 0.490 e. The molecule has 0 radical (unpaired) electrons. The van der Waals surface area contributed by atoms with Crippen molar-refractivity contribution in [1.29, 1.82) is 0 Å². The first kappa shape index (κ1) is 21.7. The van der Waals surface area contributed by atoms with Crippen molar-refractivity contribution in [3.8, 4) is 11.5 Å². The first-order valence-electron chi connectivity index (χ1n) is 8.24. The summed E-state index contributed by atoms with van der Waals surface area (Å²) in [5, 5.41) is 30.2. The molecule has 1 aromatic carbocycles. The average molecular weight is 423 g/mol. The third-order valence-electron chi connectivity index (χ3n) is 3.57. The molecule has 0 saturated heterocycles. The molecule has 154 valence electrons. The van der Waals surface area contributed by atoms with Crippen molar-refractivity contribution in [2.75, 3.05) is 13.7 Å². The van der Waals surface area contributed by atoms with Gasteiger partial charge in [-0.3, -0.25) is 24.8 Å². The Balaban J connectivity index is 2.50. The molecule has 0 aliphatic rings. The van der Waals surface area contributed by atoms with Gasteiger partial charge in [0.15, 0.2) is 5.75 Å². The van der Waals surface area contributed by atoms with E-state index in [4.69, 9.17) is 26.8 Å². The monoisotopic (exact) mass is 423 g/mol. The number of aromatic amines is 1. The van der Waals surface area contributed by atoms with Crippen LogP contribution in [0.5, 0.6) is 11.5 Å². The highest BCUT2D eigenvalue weighted by Crippen LogP contribution is 2.37. The maximum absolute atomic E-state index is 12.4. The lowest BCUT2D eigenvalue weighted by molar-refractivity contribution is -0.385. The van der Waals surface area contributed by atoms with Crippen molar-refractivity contribution in [3.63, 3.8) is 0 Å². The fourth-order valence-corrected chi connectivity index (χ4v) is 2.50. The normalized spacial score (nSPS) is 10.8. The minimum atomic E-state index is -1.09. The van der Waals surface area contributed by atoms with E-state index in [1.807, 2.05) is 0 Å². The van der Waals surface area contributed by atoms with Gasteiger partial charge in [-0.25, -0.2) is 0 Å². The molecule has 0 bridgehead atoms. The van der Waals surface area contributed by atoms with Crippen LogP contribution in [0, 0.1) is 14.9 Å². The van der Waals surface area contributed by atoms with Crippen LogP contribution in [0.25, 0.3) is 0 Å². The minimum Gasteiger partial charge on any atom is -0.490 e.